The molecule has 242 valence electrons. The van der Waals surface area contributed by atoms with E-state index in [9.17, 15) is 9.90 Å². The van der Waals surface area contributed by atoms with E-state index in [1.165, 1.54) is 57.8 Å². The molecule has 4 aliphatic carbocycles. The minimum atomic E-state index is -0.0391. The van der Waals surface area contributed by atoms with E-state index in [4.69, 9.17) is 4.74 Å². The highest BCUT2D eigenvalue weighted by atomic mass is 16.5. The van der Waals surface area contributed by atoms with Crippen LogP contribution < -0.4 is 4.74 Å². The molecule has 0 heterocycles. The third-order valence-electron chi connectivity index (χ3n) is 13.0. The molecule has 0 aliphatic heterocycles. The van der Waals surface area contributed by atoms with E-state index in [1.807, 2.05) is 24.3 Å². The van der Waals surface area contributed by atoms with Gasteiger partial charge in [-0.15, -0.1) is 0 Å². The van der Waals surface area contributed by atoms with Gasteiger partial charge in [-0.3, -0.25) is 4.79 Å². The van der Waals surface area contributed by atoms with Crippen molar-refractivity contribution in [2.24, 2.45) is 46.3 Å². The van der Waals surface area contributed by atoms with E-state index < -0.39 is 0 Å². The Morgan fingerprint density at radius 1 is 0.933 bits per heavy atom. The Morgan fingerprint density at radius 3 is 2.42 bits per heavy atom. The second-order valence-electron chi connectivity index (χ2n) is 16.1. The SMILES string of the molecule is CC(C)CCCC(C)[C@H]1CCC2C3CC=C4CC(Oc5ccc(C(=O)C=Cc6ccc(O)cc6)cc5)CC[C@]4(C)C3CC[C@@]21C. The van der Waals surface area contributed by atoms with Gasteiger partial charge >= 0.3 is 0 Å². The molecule has 0 aromatic heterocycles. The number of hydrogen-bond acceptors (Lipinski definition) is 3. The number of allylic oxidation sites excluding steroid dienone is 2. The van der Waals surface area contributed by atoms with Crippen LogP contribution in [0.5, 0.6) is 11.5 Å². The molecule has 0 bridgehead atoms. The van der Waals surface area contributed by atoms with Gasteiger partial charge in [0.1, 0.15) is 17.6 Å². The molecule has 2 aromatic rings. The Bertz CT molecular complexity index is 1380. The van der Waals surface area contributed by atoms with Gasteiger partial charge in [0.15, 0.2) is 5.78 Å². The number of hydrogen-bond donors (Lipinski definition) is 1. The number of phenols is 1. The van der Waals surface area contributed by atoms with Gasteiger partial charge in [0, 0.05) is 12.0 Å². The Morgan fingerprint density at radius 2 is 1.69 bits per heavy atom. The summed E-state index contributed by atoms with van der Waals surface area (Å²) in [5.74, 6) is 6.21. The maximum atomic E-state index is 12.7. The van der Waals surface area contributed by atoms with Crippen molar-refractivity contribution in [2.45, 2.75) is 111 Å². The number of phenolic OH excluding ortho intramolecular Hbond substituents is 1. The number of fused-ring (bicyclic) bond motifs is 5. The topological polar surface area (TPSA) is 46.5 Å². The highest BCUT2D eigenvalue weighted by molar-refractivity contribution is 6.06. The molecule has 6 rings (SSSR count). The Labute approximate surface area is 272 Å². The number of aromatic hydroxyl groups is 1. The van der Waals surface area contributed by atoms with Gasteiger partial charge < -0.3 is 9.84 Å². The number of ketones is 1. The molecule has 1 N–H and O–H groups in total. The largest absolute Gasteiger partial charge is 0.508 e. The minimum Gasteiger partial charge on any atom is -0.508 e. The van der Waals surface area contributed by atoms with Crippen LogP contribution in [0.25, 0.3) is 6.08 Å². The fourth-order valence-corrected chi connectivity index (χ4v) is 10.5. The summed E-state index contributed by atoms with van der Waals surface area (Å²) in [7, 11) is 0. The quantitative estimate of drug-likeness (QED) is 0.166. The summed E-state index contributed by atoms with van der Waals surface area (Å²) < 4.78 is 6.54. The van der Waals surface area contributed by atoms with Gasteiger partial charge in [0.25, 0.3) is 0 Å². The van der Waals surface area contributed by atoms with Crippen LogP contribution in [-0.4, -0.2) is 17.0 Å². The van der Waals surface area contributed by atoms with Crippen LogP contribution in [0.4, 0.5) is 0 Å². The number of ether oxygens (including phenoxy) is 1. The molecule has 3 saturated carbocycles. The molecule has 0 radical (unpaired) electrons. The highest BCUT2D eigenvalue weighted by Crippen LogP contribution is 2.67. The number of carbonyl (C=O) groups excluding carboxylic acids is 1. The van der Waals surface area contributed by atoms with E-state index in [-0.39, 0.29) is 17.6 Å². The van der Waals surface area contributed by atoms with Gasteiger partial charge in [-0.05, 0) is 139 Å². The van der Waals surface area contributed by atoms with Crippen LogP contribution in [0.1, 0.15) is 121 Å². The Hall–Kier alpha value is -2.81. The smallest absolute Gasteiger partial charge is 0.185 e. The molecular weight excluding hydrogens is 552 g/mol. The van der Waals surface area contributed by atoms with E-state index in [0.717, 1.165) is 59.7 Å². The van der Waals surface area contributed by atoms with Crippen molar-refractivity contribution in [3.63, 3.8) is 0 Å². The molecule has 3 fully saturated rings. The van der Waals surface area contributed by atoms with Crippen LogP contribution >= 0.6 is 0 Å². The monoisotopic (exact) mass is 608 g/mol. The molecule has 3 heteroatoms. The number of benzene rings is 2. The third-order valence-corrected chi connectivity index (χ3v) is 13.0. The fourth-order valence-electron chi connectivity index (χ4n) is 10.5. The average molecular weight is 609 g/mol. The zero-order valence-electron chi connectivity index (χ0n) is 28.4. The first kappa shape index (κ1) is 32.1. The summed E-state index contributed by atoms with van der Waals surface area (Å²) in [6.07, 6.45) is 20.8. The predicted molar refractivity (Wildman–Crippen MR) is 185 cm³/mol. The molecule has 4 aliphatic rings. The van der Waals surface area contributed by atoms with E-state index in [1.54, 1.807) is 42.0 Å². The number of carbonyl (C=O) groups is 1. The zero-order valence-corrected chi connectivity index (χ0v) is 28.4. The van der Waals surface area contributed by atoms with Crippen LogP contribution in [-0.2, 0) is 0 Å². The van der Waals surface area contributed by atoms with Crippen LogP contribution in [0.15, 0.2) is 66.3 Å². The van der Waals surface area contributed by atoms with Gasteiger partial charge in [-0.25, -0.2) is 0 Å². The van der Waals surface area contributed by atoms with Crippen molar-refractivity contribution in [3.05, 3.63) is 77.4 Å². The first-order valence-electron chi connectivity index (χ1n) is 18.0. The lowest BCUT2D eigenvalue weighted by Crippen LogP contribution is -2.51. The first-order chi connectivity index (χ1) is 21.6. The summed E-state index contributed by atoms with van der Waals surface area (Å²) in [5, 5.41) is 9.46. The second-order valence-corrected chi connectivity index (χ2v) is 16.1. The van der Waals surface area contributed by atoms with Crippen molar-refractivity contribution in [1.82, 2.24) is 0 Å². The molecule has 0 amide bonds. The lowest BCUT2D eigenvalue weighted by molar-refractivity contribution is -0.0559. The standard InChI is InChI=1S/C42H56O3/c1-28(2)7-6-8-29(3)37-20-21-38-36-19-14-32-27-35(23-25-41(32,4)39(36)24-26-42(37,38)5)45-34-17-12-31(13-18-34)40(44)22-11-30-9-15-33(43)16-10-30/h9-18,22,28-29,35-39,43H,6-8,19-21,23-27H2,1-5H3/t29?,35?,36?,37-,38?,39?,41+,42-/m1/s1. The molecule has 45 heavy (non-hydrogen) atoms. The predicted octanol–water partition coefficient (Wildman–Crippen LogP) is 11.1. The summed E-state index contributed by atoms with van der Waals surface area (Å²) in [4.78, 5) is 12.7. The van der Waals surface area contributed by atoms with Crippen molar-refractivity contribution in [3.8, 4) is 11.5 Å². The van der Waals surface area contributed by atoms with Gasteiger partial charge in [-0.1, -0.05) is 83.7 Å². The van der Waals surface area contributed by atoms with Gasteiger partial charge in [0.2, 0.25) is 0 Å². The summed E-state index contributed by atoms with van der Waals surface area (Å²) in [6.45, 7) is 12.6. The zero-order chi connectivity index (χ0) is 31.8. The van der Waals surface area contributed by atoms with Crippen LogP contribution in [0, 0.1) is 46.3 Å². The summed E-state index contributed by atoms with van der Waals surface area (Å²) in [5.41, 5.74) is 4.05. The van der Waals surface area contributed by atoms with Crippen molar-refractivity contribution in [2.75, 3.05) is 0 Å². The van der Waals surface area contributed by atoms with Crippen molar-refractivity contribution in [1.29, 1.82) is 0 Å². The second kappa shape index (κ2) is 13.1. The highest BCUT2D eigenvalue weighted by Gasteiger charge is 2.59. The van der Waals surface area contributed by atoms with Crippen molar-refractivity contribution >= 4 is 11.9 Å². The van der Waals surface area contributed by atoms with Crippen molar-refractivity contribution < 1.29 is 14.6 Å². The minimum absolute atomic E-state index is 0.0391. The van der Waals surface area contributed by atoms with Crippen LogP contribution in [0.2, 0.25) is 0 Å². The molecule has 8 atom stereocenters. The fraction of sp³-hybridized carbons (Fsp3) is 0.595. The first-order valence-corrected chi connectivity index (χ1v) is 18.0. The maximum absolute atomic E-state index is 12.7. The maximum Gasteiger partial charge on any atom is 0.185 e. The lowest BCUT2D eigenvalue weighted by Gasteiger charge is -2.58. The molecular formula is C42H56O3. The lowest BCUT2D eigenvalue weighted by atomic mass is 9.47. The number of rotatable bonds is 10. The van der Waals surface area contributed by atoms with Crippen LogP contribution in [0.3, 0.4) is 0 Å². The summed E-state index contributed by atoms with van der Waals surface area (Å²) >= 11 is 0. The van der Waals surface area contributed by atoms with E-state index in [0.29, 0.717) is 16.4 Å². The molecule has 2 aromatic carbocycles. The Balaban J connectivity index is 1.06. The van der Waals surface area contributed by atoms with Gasteiger partial charge in [0.05, 0.1) is 0 Å². The normalized spacial score (nSPS) is 33.3. The molecule has 5 unspecified atom stereocenters. The van der Waals surface area contributed by atoms with E-state index in [2.05, 4.69) is 40.7 Å². The molecule has 0 saturated heterocycles. The average Bonchev–Trinajstić information content (AvgIpc) is 3.38. The summed E-state index contributed by atoms with van der Waals surface area (Å²) in [6, 6.07) is 14.5. The van der Waals surface area contributed by atoms with E-state index >= 15 is 0 Å². The molecule has 0 spiro atoms. The molecule has 3 nitrogen and oxygen atoms in total. The third kappa shape index (κ3) is 6.56. The van der Waals surface area contributed by atoms with Gasteiger partial charge in [-0.2, -0.15) is 0 Å². The Kier molecular flexibility index (Phi) is 9.38.